The highest BCUT2D eigenvalue weighted by Gasteiger charge is 2.37. The predicted molar refractivity (Wildman–Crippen MR) is 107 cm³/mol. The van der Waals surface area contributed by atoms with Crippen molar-refractivity contribution in [1.29, 1.82) is 5.26 Å². The van der Waals surface area contributed by atoms with Gasteiger partial charge in [0.2, 0.25) is 0 Å². The molecule has 0 bridgehead atoms. The number of likely N-dealkylation sites (tertiary alicyclic amines) is 1. The largest absolute Gasteiger partial charge is 0.507 e. The second-order valence-corrected chi connectivity index (χ2v) is 8.29. The summed E-state index contributed by atoms with van der Waals surface area (Å²) in [7, 11) is 0. The molecule has 1 aliphatic carbocycles. The minimum absolute atomic E-state index is 0.0820. The molecule has 144 valence electrons. The molecule has 0 radical (unpaired) electrons. The lowest BCUT2D eigenvalue weighted by Crippen LogP contribution is -2.48. The van der Waals surface area contributed by atoms with E-state index in [2.05, 4.69) is 33.0 Å². The highest BCUT2D eigenvalue weighted by atomic mass is 16.3. The fourth-order valence-corrected chi connectivity index (χ4v) is 4.83. The third-order valence-electron chi connectivity index (χ3n) is 6.51. The Morgan fingerprint density at radius 2 is 2.00 bits per heavy atom. The van der Waals surface area contributed by atoms with Crippen LogP contribution in [0, 0.1) is 18.3 Å². The molecule has 1 N–H and O–H groups in total. The van der Waals surface area contributed by atoms with Crippen LogP contribution in [-0.4, -0.2) is 51.9 Å². The highest BCUT2D eigenvalue weighted by Crippen LogP contribution is 2.38. The summed E-state index contributed by atoms with van der Waals surface area (Å²) in [6.07, 6.45) is 6.18. The van der Waals surface area contributed by atoms with E-state index in [1.165, 1.54) is 43.9 Å². The fraction of sp³-hybridized carbons (Fsp3) is 0.500. The number of piperidine rings is 1. The average Bonchev–Trinajstić information content (AvgIpc) is 3.48. The zero-order valence-corrected chi connectivity index (χ0v) is 16.2. The zero-order valence-electron chi connectivity index (χ0n) is 16.2. The molecule has 3 heterocycles. The number of nitriles is 1. The van der Waals surface area contributed by atoms with E-state index in [-0.39, 0.29) is 5.75 Å². The first kappa shape index (κ1) is 17.4. The van der Waals surface area contributed by atoms with Crippen molar-refractivity contribution in [2.24, 2.45) is 0 Å². The number of benzene rings is 1. The highest BCUT2D eigenvalue weighted by molar-refractivity contribution is 5.73. The Balaban J connectivity index is 1.45. The van der Waals surface area contributed by atoms with Gasteiger partial charge in [-0.05, 0) is 69.3 Å². The summed E-state index contributed by atoms with van der Waals surface area (Å²) in [5.74, 6) is 1.11. The van der Waals surface area contributed by atoms with Crippen molar-refractivity contribution in [3.05, 3.63) is 34.9 Å². The summed E-state index contributed by atoms with van der Waals surface area (Å²) in [6, 6.07) is 8.36. The monoisotopic (exact) mass is 375 g/mol. The summed E-state index contributed by atoms with van der Waals surface area (Å²) >= 11 is 0. The Kier molecular flexibility index (Phi) is 4.21. The Hall–Kier alpha value is -2.65. The van der Waals surface area contributed by atoms with Crippen LogP contribution in [0.25, 0.3) is 11.3 Å². The summed E-state index contributed by atoms with van der Waals surface area (Å²) < 4.78 is 0. The van der Waals surface area contributed by atoms with E-state index >= 15 is 0 Å². The molecule has 1 atom stereocenters. The van der Waals surface area contributed by atoms with E-state index in [1.807, 2.05) is 0 Å². The molecule has 1 unspecified atom stereocenters. The fourth-order valence-electron chi connectivity index (χ4n) is 4.83. The Labute approximate surface area is 165 Å². The van der Waals surface area contributed by atoms with E-state index in [0.29, 0.717) is 22.9 Å². The van der Waals surface area contributed by atoms with Crippen LogP contribution in [-0.2, 0) is 6.42 Å². The van der Waals surface area contributed by atoms with Crippen LogP contribution in [0.5, 0.6) is 5.75 Å². The first-order valence-electron chi connectivity index (χ1n) is 10.3. The minimum Gasteiger partial charge on any atom is -0.507 e. The van der Waals surface area contributed by atoms with Crippen LogP contribution in [0.1, 0.15) is 42.4 Å². The van der Waals surface area contributed by atoms with Crippen LogP contribution < -0.4 is 4.90 Å². The maximum absolute atomic E-state index is 10.4. The van der Waals surface area contributed by atoms with Gasteiger partial charge in [0.1, 0.15) is 5.75 Å². The number of anilines is 1. The van der Waals surface area contributed by atoms with Gasteiger partial charge in [0.25, 0.3) is 0 Å². The van der Waals surface area contributed by atoms with Crippen molar-refractivity contribution in [1.82, 2.24) is 15.1 Å². The summed E-state index contributed by atoms with van der Waals surface area (Å²) in [5, 5.41) is 28.5. The molecule has 1 saturated heterocycles. The zero-order chi connectivity index (χ0) is 19.3. The molecule has 1 aromatic carbocycles. The number of phenols is 1. The van der Waals surface area contributed by atoms with Gasteiger partial charge in [0.15, 0.2) is 5.82 Å². The van der Waals surface area contributed by atoms with Crippen LogP contribution in [0.2, 0.25) is 0 Å². The lowest BCUT2D eigenvalue weighted by molar-refractivity contribution is 0.195. The third kappa shape index (κ3) is 2.91. The molecule has 28 heavy (non-hydrogen) atoms. The summed E-state index contributed by atoms with van der Waals surface area (Å²) in [5.41, 5.74) is 4.13. The molecular weight excluding hydrogens is 350 g/mol. The van der Waals surface area contributed by atoms with Gasteiger partial charge < -0.3 is 10.0 Å². The second kappa shape index (κ2) is 6.75. The smallest absolute Gasteiger partial charge is 0.155 e. The molecule has 2 fully saturated rings. The van der Waals surface area contributed by atoms with E-state index in [4.69, 9.17) is 5.26 Å². The van der Waals surface area contributed by atoms with Gasteiger partial charge in [-0.15, -0.1) is 10.2 Å². The molecule has 0 spiro atoms. The van der Waals surface area contributed by atoms with Crippen molar-refractivity contribution in [2.75, 3.05) is 24.5 Å². The standard InChI is InChI=1S/C22H25N5O/c1-14-18-8-10-27(17-3-2-9-26(13-17)16-5-6-16)22(18)25-24-21(14)19-7-4-15(12-23)11-20(19)28/h4,7,11,16-17,28H,2-3,5-6,8-10,13H2,1H3. The van der Waals surface area contributed by atoms with Gasteiger partial charge in [-0.3, -0.25) is 4.90 Å². The lowest BCUT2D eigenvalue weighted by atomic mass is 10.0. The minimum atomic E-state index is 0.0820. The predicted octanol–water partition coefficient (Wildman–Crippen LogP) is 3.02. The first-order valence-corrected chi connectivity index (χ1v) is 10.3. The molecule has 2 aromatic rings. The number of fused-ring (bicyclic) bond motifs is 1. The van der Waals surface area contributed by atoms with Crippen molar-refractivity contribution in [3.63, 3.8) is 0 Å². The van der Waals surface area contributed by atoms with E-state index in [9.17, 15) is 5.11 Å². The average molecular weight is 375 g/mol. The lowest BCUT2D eigenvalue weighted by Gasteiger charge is -2.38. The summed E-state index contributed by atoms with van der Waals surface area (Å²) in [6.45, 7) is 5.45. The van der Waals surface area contributed by atoms with Gasteiger partial charge in [-0.25, -0.2) is 0 Å². The Morgan fingerprint density at radius 1 is 1.14 bits per heavy atom. The van der Waals surface area contributed by atoms with Crippen LogP contribution in [0.15, 0.2) is 18.2 Å². The molecule has 2 aliphatic heterocycles. The van der Waals surface area contributed by atoms with Gasteiger partial charge in [0.05, 0.1) is 17.3 Å². The van der Waals surface area contributed by atoms with Gasteiger partial charge in [-0.2, -0.15) is 5.26 Å². The quantitative estimate of drug-likeness (QED) is 0.889. The number of nitrogens with zero attached hydrogens (tertiary/aromatic N) is 5. The van der Waals surface area contributed by atoms with E-state index in [1.54, 1.807) is 12.1 Å². The van der Waals surface area contributed by atoms with E-state index in [0.717, 1.165) is 36.9 Å². The van der Waals surface area contributed by atoms with E-state index < -0.39 is 0 Å². The molecular formula is C22H25N5O. The first-order chi connectivity index (χ1) is 13.7. The van der Waals surface area contributed by atoms with Gasteiger partial charge >= 0.3 is 0 Å². The molecule has 5 rings (SSSR count). The van der Waals surface area contributed by atoms with Crippen molar-refractivity contribution >= 4 is 5.82 Å². The maximum atomic E-state index is 10.4. The van der Waals surface area contributed by atoms with Gasteiger partial charge in [0, 0.05) is 36.3 Å². The van der Waals surface area contributed by atoms with Crippen LogP contribution in [0.4, 0.5) is 5.82 Å². The topological polar surface area (TPSA) is 76.3 Å². The Bertz CT molecular complexity index is 962. The molecule has 1 saturated carbocycles. The number of hydrogen-bond acceptors (Lipinski definition) is 6. The molecule has 0 amide bonds. The van der Waals surface area contributed by atoms with Crippen molar-refractivity contribution in [3.8, 4) is 23.1 Å². The van der Waals surface area contributed by atoms with Gasteiger partial charge in [-0.1, -0.05) is 0 Å². The number of rotatable bonds is 3. The number of aromatic hydroxyl groups is 1. The molecule has 6 nitrogen and oxygen atoms in total. The van der Waals surface area contributed by atoms with Crippen molar-refractivity contribution < 1.29 is 5.11 Å². The van der Waals surface area contributed by atoms with Crippen molar-refractivity contribution in [2.45, 2.75) is 51.1 Å². The SMILES string of the molecule is Cc1c(-c2ccc(C#N)cc2O)nnc2c1CCN2C1CCCN(C2CC2)C1. The molecule has 3 aliphatic rings. The number of aromatic nitrogens is 2. The Morgan fingerprint density at radius 3 is 2.75 bits per heavy atom. The normalized spacial score (nSPS) is 22.1. The van der Waals surface area contributed by atoms with Crippen LogP contribution >= 0.6 is 0 Å². The number of hydrogen-bond donors (Lipinski definition) is 1. The number of phenolic OH excluding ortho intramolecular Hbond substituents is 1. The third-order valence-corrected chi connectivity index (χ3v) is 6.51. The maximum Gasteiger partial charge on any atom is 0.155 e. The molecule has 1 aromatic heterocycles. The molecule has 6 heteroatoms. The summed E-state index contributed by atoms with van der Waals surface area (Å²) in [4.78, 5) is 5.13. The van der Waals surface area contributed by atoms with Crippen LogP contribution in [0.3, 0.4) is 0 Å². The second-order valence-electron chi connectivity index (χ2n) is 8.29.